The minimum absolute atomic E-state index is 0.277. The number of aromatic nitrogens is 2. The van der Waals surface area contributed by atoms with Crippen LogP contribution in [0.15, 0.2) is 30.9 Å². The van der Waals surface area contributed by atoms with Gasteiger partial charge in [-0.1, -0.05) is 11.6 Å². The van der Waals surface area contributed by atoms with Gasteiger partial charge in [-0.15, -0.1) is 0 Å². The quantitative estimate of drug-likeness (QED) is 0.827. The van der Waals surface area contributed by atoms with E-state index in [-0.39, 0.29) is 5.91 Å². The second-order valence-corrected chi connectivity index (χ2v) is 3.76. The average Bonchev–Trinajstić information content (AvgIpc) is 2.84. The summed E-state index contributed by atoms with van der Waals surface area (Å²) in [7, 11) is 1.47. The average molecular weight is 252 g/mol. The topological polar surface area (TPSA) is 70.1 Å². The number of nitrogens with zero attached hydrogens (tertiary/aromatic N) is 2. The van der Waals surface area contributed by atoms with Crippen molar-refractivity contribution in [2.24, 2.45) is 0 Å². The van der Waals surface area contributed by atoms with Gasteiger partial charge in [0.2, 0.25) is 0 Å². The maximum atomic E-state index is 12.1. The summed E-state index contributed by atoms with van der Waals surface area (Å²) in [5, 5.41) is 0.314. The lowest BCUT2D eigenvalue weighted by atomic mass is 10.1. The van der Waals surface area contributed by atoms with Crippen LogP contribution >= 0.6 is 11.6 Å². The van der Waals surface area contributed by atoms with Crippen LogP contribution in [-0.4, -0.2) is 22.6 Å². The standard InChI is InChI=1S/C11H10ClN3O2/c1-17-10-5-9(13)8(12)4-7(10)11(16)15-3-2-14-6-15/h2-6H,13H2,1H3. The molecule has 1 heterocycles. The number of nitrogens with two attached hydrogens (primary N) is 1. The molecule has 2 aromatic rings. The second-order valence-electron chi connectivity index (χ2n) is 3.35. The van der Waals surface area contributed by atoms with Crippen LogP contribution in [0, 0.1) is 0 Å². The van der Waals surface area contributed by atoms with E-state index in [1.165, 1.54) is 36.3 Å². The zero-order chi connectivity index (χ0) is 12.4. The zero-order valence-corrected chi connectivity index (χ0v) is 9.81. The smallest absolute Gasteiger partial charge is 0.266 e. The Morgan fingerprint density at radius 3 is 2.88 bits per heavy atom. The molecule has 1 aromatic heterocycles. The van der Waals surface area contributed by atoms with Crippen LogP contribution in [0.4, 0.5) is 5.69 Å². The fourth-order valence-corrected chi connectivity index (χ4v) is 1.59. The number of anilines is 1. The third-order valence-corrected chi connectivity index (χ3v) is 2.62. The molecule has 0 spiro atoms. The monoisotopic (exact) mass is 251 g/mol. The van der Waals surface area contributed by atoms with Crippen LogP contribution in [0.1, 0.15) is 10.4 Å². The van der Waals surface area contributed by atoms with Gasteiger partial charge >= 0.3 is 0 Å². The third-order valence-electron chi connectivity index (χ3n) is 2.29. The molecule has 0 radical (unpaired) electrons. The number of nitrogen functional groups attached to an aromatic ring is 1. The summed E-state index contributed by atoms with van der Waals surface area (Å²) in [6.45, 7) is 0. The molecule has 88 valence electrons. The second kappa shape index (κ2) is 4.47. The van der Waals surface area contributed by atoms with Gasteiger partial charge in [-0.25, -0.2) is 4.98 Å². The lowest BCUT2D eigenvalue weighted by molar-refractivity contribution is 0.0957. The molecule has 0 fully saturated rings. The van der Waals surface area contributed by atoms with Crippen LogP contribution < -0.4 is 10.5 Å². The van der Waals surface area contributed by atoms with Crippen molar-refractivity contribution in [3.63, 3.8) is 0 Å². The highest BCUT2D eigenvalue weighted by Gasteiger charge is 2.16. The predicted molar refractivity (Wildman–Crippen MR) is 64.4 cm³/mol. The molecule has 0 saturated heterocycles. The summed E-state index contributed by atoms with van der Waals surface area (Å²) < 4.78 is 6.44. The van der Waals surface area contributed by atoms with Crippen LogP contribution in [0.25, 0.3) is 0 Å². The highest BCUT2D eigenvalue weighted by Crippen LogP contribution is 2.29. The fraction of sp³-hybridized carbons (Fsp3) is 0.0909. The molecule has 5 nitrogen and oxygen atoms in total. The number of rotatable bonds is 2. The summed E-state index contributed by atoms with van der Waals surface area (Å²) in [4.78, 5) is 15.9. The van der Waals surface area contributed by atoms with E-state index in [1.54, 1.807) is 6.20 Å². The number of benzene rings is 1. The molecule has 2 N–H and O–H groups in total. The Balaban J connectivity index is 2.51. The number of carbonyl (C=O) groups is 1. The molecule has 0 saturated carbocycles. The van der Waals surface area contributed by atoms with Crippen molar-refractivity contribution in [3.8, 4) is 5.75 Å². The summed E-state index contributed by atoms with van der Waals surface area (Å²) in [5.74, 6) is 0.104. The predicted octanol–water partition coefficient (Wildman–Crippen LogP) is 1.82. The SMILES string of the molecule is COc1cc(N)c(Cl)cc1C(=O)n1ccnc1. The Labute approximate surface area is 103 Å². The number of halogens is 1. The van der Waals surface area contributed by atoms with E-state index in [0.29, 0.717) is 22.0 Å². The number of ether oxygens (including phenoxy) is 1. The van der Waals surface area contributed by atoms with Gasteiger partial charge in [0.1, 0.15) is 12.1 Å². The molecule has 0 aliphatic rings. The molecule has 0 bridgehead atoms. The molecule has 6 heteroatoms. The van der Waals surface area contributed by atoms with E-state index in [9.17, 15) is 4.79 Å². The molecule has 0 aliphatic heterocycles. The minimum atomic E-state index is -0.277. The van der Waals surface area contributed by atoms with Crippen LogP contribution in [0.5, 0.6) is 5.75 Å². The molecule has 0 unspecified atom stereocenters. The molecular weight excluding hydrogens is 242 g/mol. The van der Waals surface area contributed by atoms with Gasteiger partial charge in [-0.2, -0.15) is 0 Å². The van der Waals surface area contributed by atoms with E-state index in [0.717, 1.165) is 0 Å². The third kappa shape index (κ3) is 2.09. The van der Waals surface area contributed by atoms with Gasteiger partial charge < -0.3 is 10.5 Å². The summed E-state index contributed by atoms with van der Waals surface area (Å²) in [6, 6.07) is 3.00. The van der Waals surface area contributed by atoms with E-state index in [2.05, 4.69) is 4.98 Å². The minimum Gasteiger partial charge on any atom is -0.496 e. The van der Waals surface area contributed by atoms with Crippen molar-refractivity contribution in [3.05, 3.63) is 41.4 Å². The van der Waals surface area contributed by atoms with Gasteiger partial charge in [-0.3, -0.25) is 9.36 Å². The molecule has 2 rings (SSSR count). The highest BCUT2D eigenvalue weighted by molar-refractivity contribution is 6.33. The number of hydrogen-bond donors (Lipinski definition) is 1. The maximum absolute atomic E-state index is 12.1. The summed E-state index contributed by atoms with van der Waals surface area (Å²) in [5.41, 5.74) is 6.35. The highest BCUT2D eigenvalue weighted by atomic mass is 35.5. The molecule has 0 amide bonds. The Morgan fingerprint density at radius 2 is 2.29 bits per heavy atom. The van der Waals surface area contributed by atoms with Gasteiger partial charge in [0.15, 0.2) is 0 Å². The normalized spacial score (nSPS) is 10.2. The number of hydrogen-bond acceptors (Lipinski definition) is 4. The van der Waals surface area contributed by atoms with Gasteiger partial charge in [0.05, 0.1) is 23.4 Å². The Hall–Kier alpha value is -2.01. The first-order chi connectivity index (χ1) is 8.13. The van der Waals surface area contributed by atoms with Crippen molar-refractivity contribution < 1.29 is 9.53 Å². The van der Waals surface area contributed by atoms with Crippen LogP contribution in [-0.2, 0) is 0 Å². The largest absolute Gasteiger partial charge is 0.496 e. The molecule has 0 aliphatic carbocycles. The fourth-order valence-electron chi connectivity index (χ4n) is 1.42. The van der Waals surface area contributed by atoms with Gasteiger partial charge in [-0.05, 0) is 6.07 Å². The summed E-state index contributed by atoms with van der Waals surface area (Å²) in [6.07, 6.45) is 4.47. The Morgan fingerprint density at radius 1 is 1.53 bits per heavy atom. The van der Waals surface area contributed by atoms with Crippen molar-refractivity contribution in [2.75, 3.05) is 12.8 Å². The van der Waals surface area contributed by atoms with Crippen LogP contribution in [0.3, 0.4) is 0 Å². The first-order valence-corrected chi connectivity index (χ1v) is 5.17. The lowest BCUT2D eigenvalue weighted by Crippen LogP contribution is -2.11. The van der Waals surface area contributed by atoms with Crippen molar-refractivity contribution in [2.45, 2.75) is 0 Å². The first kappa shape index (κ1) is 11.5. The van der Waals surface area contributed by atoms with E-state index in [4.69, 9.17) is 22.1 Å². The van der Waals surface area contributed by atoms with Crippen LogP contribution in [0.2, 0.25) is 5.02 Å². The number of carbonyl (C=O) groups excluding carboxylic acids is 1. The molecular formula is C11H10ClN3O2. The van der Waals surface area contributed by atoms with E-state index in [1.807, 2.05) is 0 Å². The molecule has 17 heavy (non-hydrogen) atoms. The van der Waals surface area contributed by atoms with Crippen molar-refractivity contribution >= 4 is 23.2 Å². The molecule has 1 aromatic carbocycles. The maximum Gasteiger partial charge on any atom is 0.266 e. The van der Waals surface area contributed by atoms with E-state index >= 15 is 0 Å². The Kier molecular flexibility index (Phi) is 3.01. The first-order valence-electron chi connectivity index (χ1n) is 4.79. The Bertz CT molecular complexity index is 552. The zero-order valence-electron chi connectivity index (χ0n) is 9.05. The summed E-state index contributed by atoms with van der Waals surface area (Å²) >= 11 is 5.89. The van der Waals surface area contributed by atoms with Gasteiger partial charge in [0.25, 0.3) is 5.91 Å². The van der Waals surface area contributed by atoms with E-state index < -0.39 is 0 Å². The molecule has 0 atom stereocenters. The van der Waals surface area contributed by atoms with Crippen molar-refractivity contribution in [1.29, 1.82) is 0 Å². The van der Waals surface area contributed by atoms with Gasteiger partial charge in [0, 0.05) is 18.5 Å². The number of imidazole rings is 1. The number of methoxy groups -OCH3 is 1. The van der Waals surface area contributed by atoms with Crippen molar-refractivity contribution in [1.82, 2.24) is 9.55 Å². The lowest BCUT2D eigenvalue weighted by Gasteiger charge is -2.09.